The molecule has 64 valence electrons. The van der Waals surface area contributed by atoms with E-state index in [0.717, 1.165) is 24.0 Å². The van der Waals surface area contributed by atoms with Gasteiger partial charge in [0.15, 0.2) is 0 Å². The molecule has 0 radical (unpaired) electrons. The SMILES string of the molecule is Nc1cc2c(cc1F)CCC2N. The van der Waals surface area contributed by atoms with Gasteiger partial charge in [0, 0.05) is 6.04 Å². The molecule has 1 aliphatic rings. The summed E-state index contributed by atoms with van der Waals surface area (Å²) in [5.74, 6) is -0.331. The Labute approximate surface area is 70.4 Å². The summed E-state index contributed by atoms with van der Waals surface area (Å²) in [6.45, 7) is 0. The number of nitrogen functional groups attached to an aromatic ring is 1. The molecular formula is C9H11FN2. The highest BCUT2D eigenvalue weighted by Crippen LogP contribution is 2.31. The van der Waals surface area contributed by atoms with Crippen molar-refractivity contribution in [3.8, 4) is 0 Å². The Balaban J connectivity index is 2.56. The van der Waals surface area contributed by atoms with E-state index in [1.54, 1.807) is 6.07 Å². The largest absolute Gasteiger partial charge is 0.396 e. The maximum Gasteiger partial charge on any atom is 0.146 e. The van der Waals surface area contributed by atoms with Crippen LogP contribution < -0.4 is 11.5 Å². The van der Waals surface area contributed by atoms with E-state index in [2.05, 4.69) is 0 Å². The third kappa shape index (κ3) is 0.975. The number of fused-ring (bicyclic) bond motifs is 1. The molecule has 2 nitrogen and oxygen atoms in total. The summed E-state index contributed by atoms with van der Waals surface area (Å²) in [6.07, 6.45) is 1.77. The molecule has 1 aliphatic carbocycles. The average molecular weight is 166 g/mol. The number of anilines is 1. The molecule has 1 atom stereocenters. The Morgan fingerprint density at radius 3 is 2.92 bits per heavy atom. The zero-order chi connectivity index (χ0) is 8.72. The maximum atomic E-state index is 12.9. The molecule has 0 amide bonds. The summed E-state index contributed by atoms with van der Waals surface area (Å²) in [5.41, 5.74) is 13.4. The summed E-state index contributed by atoms with van der Waals surface area (Å²) in [5, 5.41) is 0. The van der Waals surface area contributed by atoms with Crippen molar-refractivity contribution in [2.24, 2.45) is 5.73 Å². The van der Waals surface area contributed by atoms with Crippen molar-refractivity contribution in [1.82, 2.24) is 0 Å². The highest BCUT2D eigenvalue weighted by atomic mass is 19.1. The van der Waals surface area contributed by atoms with Gasteiger partial charge < -0.3 is 11.5 Å². The fourth-order valence-corrected chi connectivity index (χ4v) is 1.68. The molecule has 0 bridgehead atoms. The van der Waals surface area contributed by atoms with Crippen molar-refractivity contribution >= 4 is 5.69 Å². The van der Waals surface area contributed by atoms with Crippen molar-refractivity contribution in [2.45, 2.75) is 18.9 Å². The van der Waals surface area contributed by atoms with Crippen molar-refractivity contribution < 1.29 is 4.39 Å². The number of rotatable bonds is 0. The molecular weight excluding hydrogens is 155 g/mol. The quantitative estimate of drug-likeness (QED) is 0.571. The van der Waals surface area contributed by atoms with Crippen LogP contribution in [0.1, 0.15) is 23.6 Å². The van der Waals surface area contributed by atoms with Crippen LogP contribution >= 0.6 is 0 Å². The summed E-state index contributed by atoms with van der Waals surface area (Å²) < 4.78 is 12.9. The second-order valence-corrected chi connectivity index (χ2v) is 3.22. The third-order valence-corrected chi connectivity index (χ3v) is 2.38. The van der Waals surface area contributed by atoms with Crippen LogP contribution in [0.4, 0.5) is 10.1 Å². The zero-order valence-electron chi connectivity index (χ0n) is 6.68. The topological polar surface area (TPSA) is 52.0 Å². The van der Waals surface area contributed by atoms with Crippen molar-refractivity contribution in [1.29, 1.82) is 0 Å². The lowest BCUT2D eigenvalue weighted by Gasteiger charge is -2.05. The van der Waals surface area contributed by atoms with Gasteiger partial charge in [0.05, 0.1) is 5.69 Å². The fourth-order valence-electron chi connectivity index (χ4n) is 1.68. The Morgan fingerprint density at radius 1 is 1.42 bits per heavy atom. The molecule has 12 heavy (non-hydrogen) atoms. The molecule has 0 aromatic heterocycles. The summed E-state index contributed by atoms with van der Waals surface area (Å²) in [4.78, 5) is 0. The van der Waals surface area contributed by atoms with Gasteiger partial charge in [0.1, 0.15) is 5.82 Å². The van der Waals surface area contributed by atoms with Crippen LogP contribution in [0, 0.1) is 5.82 Å². The van der Waals surface area contributed by atoms with Gasteiger partial charge in [-0.25, -0.2) is 4.39 Å². The number of hydrogen-bond acceptors (Lipinski definition) is 2. The van der Waals surface area contributed by atoms with E-state index in [1.807, 2.05) is 0 Å². The molecule has 3 heteroatoms. The summed E-state index contributed by atoms with van der Waals surface area (Å²) in [6, 6.07) is 3.20. The van der Waals surface area contributed by atoms with E-state index in [-0.39, 0.29) is 17.5 Å². The minimum absolute atomic E-state index is 0.0444. The molecule has 1 aromatic carbocycles. The van der Waals surface area contributed by atoms with Gasteiger partial charge in [-0.2, -0.15) is 0 Å². The van der Waals surface area contributed by atoms with Gasteiger partial charge in [0.25, 0.3) is 0 Å². The number of nitrogens with two attached hydrogens (primary N) is 2. The van der Waals surface area contributed by atoms with Crippen LogP contribution in [-0.2, 0) is 6.42 Å². The van der Waals surface area contributed by atoms with Crippen LogP contribution in [0.25, 0.3) is 0 Å². The Kier molecular flexibility index (Phi) is 1.54. The molecule has 1 unspecified atom stereocenters. The van der Waals surface area contributed by atoms with Crippen molar-refractivity contribution in [2.75, 3.05) is 5.73 Å². The van der Waals surface area contributed by atoms with Gasteiger partial charge in [-0.15, -0.1) is 0 Å². The van der Waals surface area contributed by atoms with Crippen LogP contribution in [-0.4, -0.2) is 0 Å². The van der Waals surface area contributed by atoms with E-state index >= 15 is 0 Å². The van der Waals surface area contributed by atoms with Gasteiger partial charge >= 0.3 is 0 Å². The van der Waals surface area contributed by atoms with Crippen molar-refractivity contribution in [3.05, 3.63) is 29.1 Å². The minimum atomic E-state index is -0.331. The van der Waals surface area contributed by atoms with Crippen molar-refractivity contribution in [3.63, 3.8) is 0 Å². The van der Waals surface area contributed by atoms with E-state index in [1.165, 1.54) is 6.07 Å². The predicted octanol–water partition coefficient (Wildman–Crippen LogP) is 1.35. The summed E-state index contributed by atoms with van der Waals surface area (Å²) >= 11 is 0. The Morgan fingerprint density at radius 2 is 2.17 bits per heavy atom. The fraction of sp³-hybridized carbons (Fsp3) is 0.333. The van der Waals surface area contributed by atoms with Gasteiger partial charge in [-0.3, -0.25) is 0 Å². The van der Waals surface area contributed by atoms with Gasteiger partial charge in [-0.05, 0) is 36.1 Å². The third-order valence-electron chi connectivity index (χ3n) is 2.38. The summed E-state index contributed by atoms with van der Waals surface area (Å²) in [7, 11) is 0. The standard InChI is InChI=1S/C9H11FN2/c10-7-3-5-1-2-8(11)6(5)4-9(7)12/h3-4,8H,1-2,11-12H2. The van der Waals surface area contributed by atoms with Crippen LogP contribution in [0.5, 0.6) is 0 Å². The van der Waals surface area contributed by atoms with E-state index < -0.39 is 0 Å². The molecule has 1 aromatic rings. The lowest BCUT2D eigenvalue weighted by molar-refractivity contribution is 0.630. The Hall–Kier alpha value is -1.09. The van der Waals surface area contributed by atoms with E-state index in [4.69, 9.17) is 11.5 Å². The highest BCUT2D eigenvalue weighted by Gasteiger charge is 2.20. The first-order valence-corrected chi connectivity index (χ1v) is 4.02. The predicted molar refractivity (Wildman–Crippen MR) is 46.1 cm³/mol. The average Bonchev–Trinajstić information content (AvgIpc) is 2.35. The van der Waals surface area contributed by atoms with Crippen LogP contribution in [0.15, 0.2) is 12.1 Å². The molecule has 4 N–H and O–H groups in total. The number of benzene rings is 1. The first kappa shape index (κ1) is 7.55. The zero-order valence-corrected chi connectivity index (χ0v) is 6.68. The first-order chi connectivity index (χ1) is 5.68. The molecule has 0 saturated heterocycles. The van der Waals surface area contributed by atoms with Gasteiger partial charge in [0.2, 0.25) is 0 Å². The van der Waals surface area contributed by atoms with Gasteiger partial charge in [-0.1, -0.05) is 0 Å². The molecule has 0 heterocycles. The normalized spacial score (nSPS) is 21.0. The number of halogens is 1. The lowest BCUT2D eigenvalue weighted by atomic mass is 10.1. The lowest BCUT2D eigenvalue weighted by Crippen LogP contribution is -2.06. The number of hydrogen-bond donors (Lipinski definition) is 2. The molecule has 0 saturated carbocycles. The Bertz CT molecular complexity index is 323. The monoisotopic (exact) mass is 166 g/mol. The van der Waals surface area contributed by atoms with E-state index in [9.17, 15) is 4.39 Å². The molecule has 2 rings (SSSR count). The number of aryl methyl sites for hydroxylation is 1. The van der Waals surface area contributed by atoms with Crippen LogP contribution in [0.3, 0.4) is 0 Å². The molecule has 0 aliphatic heterocycles. The minimum Gasteiger partial charge on any atom is -0.396 e. The highest BCUT2D eigenvalue weighted by molar-refractivity contribution is 5.49. The first-order valence-electron chi connectivity index (χ1n) is 4.02. The molecule has 0 fully saturated rings. The second-order valence-electron chi connectivity index (χ2n) is 3.22. The smallest absolute Gasteiger partial charge is 0.146 e. The van der Waals surface area contributed by atoms with E-state index in [0.29, 0.717) is 0 Å². The molecule has 0 spiro atoms. The second kappa shape index (κ2) is 2.45. The maximum absolute atomic E-state index is 12.9. The van der Waals surface area contributed by atoms with Crippen LogP contribution in [0.2, 0.25) is 0 Å².